The average Bonchev–Trinajstić information content (AvgIpc) is 2.35. The minimum absolute atomic E-state index is 0.343. The Labute approximate surface area is 137 Å². The number of imide groups is 1. The lowest BCUT2D eigenvalue weighted by Gasteiger charge is -2.13. The summed E-state index contributed by atoms with van der Waals surface area (Å²) in [6, 6.07) is 7.81. The minimum atomic E-state index is -0.343. The van der Waals surface area contributed by atoms with E-state index in [1.165, 1.54) is 0 Å². The van der Waals surface area contributed by atoms with Crippen LogP contribution in [0.5, 0.6) is 0 Å². The van der Waals surface area contributed by atoms with Gasteiger partial charge in [-0.25, -0.2) is 0 Å². The average molecular weight is 309 g/mol. The molecular weight excluding hydrogens is 286 g/mol. The zero-order valence-electron chi connectivity index (χ0n) is 14.6. The molecule has 1 N–H and O–H groups in total. The highest BCUT2D eigenvalue weighted by atomic mass is 16.2. The molecule has 0 aliphatic carbocycles. The summed E-state index contributed by atoms with van der Waals surface area (Å²) in [4.78, 5) is 25.1. The minimum Gasteiger partial charge on any atom is -0.288 e. The van der Waals surface area contributed by atoms with Crippen molar-refractivity contribution < 1.29 is 9.59 Å². The van der Waals surface area contributed by atoms with E-state index in [9.17, 15) is 9.59 Å². The first kappa shape index (κ1) is 16.9. The largest absolute Gasteiger partial charge is 0.288 e. The Balaban J connectivity index is 2.33. The standard InChI is InChI=1S/C20H23NO2/c1-11-7-13(3)17(14(4)8-11)19(22)21-20(23)18-15(5)9-12(2)10-16(18)6/h7-10H,1-6H3,(H,21,22,23). The number of amides is 2. The van der Waals surface area contributed by atoms with Crippen molar-refractivity contribution in [2.45, 2.75) is 41.5 Å². The van der Waals surface area contributed by atoms with E-state index >= 15 is 0 Å². The first-order chi connectivity index (χ1) is 10.7. The van der Waals surface area contributed by atoms with E-state index in [1.807, 2.05) is 65.8 Å². The number of carbonyl (C=O) groups is 2. The van der Waals surface area contributed by atoms with E-state index in [4.69, 9.17) is 0 Å². The molecule has 0 saturated carbocycles. The van der Waals surface area contributed by atoms with Crippen molar-refractivity contribution in [2.75, 3.05) is 0 Å². The highest BCUT2D eigenvalue weighted by Crippen LogP contribution is 2.19. The van der Waals surface area contributed by atoms with E-state index in [0.29, 0.717) is 11.1 Å². The quantitative estimate of drug-likeness (QED) is 0.849. The van der Waals surface area contributed by atoms with E-state index in [1.54, 1.807) is 0 Å². The molecule has 2 aromatic carbocycles. The predicted molar refractivity (Wildman–Crippen MR) is 93.1 cm³/mol. The Morgan fingerprint density at radius 1 is 0.609 bits per heavy atom. The van der Waals surface area contributed by atoms with Gasteiger partial charge in [-0.2, -0.15) is 0 Å². The molecule has 3 heteroatoms. The van der Waals surface area contributed by atoms with Crippen LogP contribution >= 0.6 is 0 Å². The summed E-state index contributed by atoms with van der Waals surface area (Å²) in [6.07, 6.45) is 0. The summed E-state index contributed by atoms with van der Waals surface area (Å²) in [5.41, 5.74) is 6.88. The molecule has 2 amide bonds. The van der Waals surface area contributed by atoms with Crippen molar-refractivity contribution >= 4 is 11.8 Å². The van der Waals surface area contributed by atoms with Crippen LogP contribution in [-0.4, -0.2) is 11.8 Å². The molecule has 0 aliphatic heterocycles. The summed E-state index contributed by atoms with van der Waals surface area (Å²) >= 11 is 0. The number of benzene rings is 2. The summed E-state index contributed by atoms with van der Waals surface area (Å²) in [7, 11) is 0. The van der Waals surface area contributed by atoms with Crippen LogP contribution in [0.2, 0.25) is 0 Å². The Morgan fingerprint density at radius 2 is 0.870 bits per heavy atom. The molecule has 0 aliphatic rings. The van der Waals surface area contributed by atoms with Crippen LogP contribution in [0.3, 0.4) is 0 Å². The third kappa shape index (κ3) is 3.50. The highest BCUT2D eigenvalue weighted by molar-refractivity contribution is 6.12. The molecule has 0 radical (unpaired) electrons. The van der Waals surface area contributed by atoms with Gasteiger partial charge in [0.15, 0.2) is 0 Å². The number of hydrogen-bond donors (Lipinski definition) is 1. The molecule has 0 atom stereocenters. The van der Waals surface area contributed by atoms with Crippen molar-refractivity contribution in [1.29, 1.82) is 0 Å². The van der Waals surface area contributed by atoms with Gasteiger partial charge < -0.3 is 0 Å². The molecule has 2 rings (SSSR count). The molecule has 0 saturated heterocycles. The van der Waals surface area contributed by atoms with E-state index < -0.39 is 0 Å². The van der Waals surface area contributed by atoms with Gasteiger partial charge >= 0.3 is 0 Å². The molecule has 0 bridgehead atoms. The summed E-state index contributed by atoms with van der Waals surface area (Å²) in [5.74, 6) is -0.686. The Kier molecular flexibility index (Phi) is 4.69. The van der Waals surface area contributed by atoms with Crippen molar-refractivity contribution in [3.05, 3.63) is 68.8 Å². The molecule has 0 aromatic heterocycles. The third-order valence-corrected chi connectivity index (χ3v) is 4.04. The summed E-state index contributed by atoms with van der Waals surface area (Å²) in [6.45, 7) is 11.5. The zero-order valence-corrected chi connectivity index (χ0v) is 14.6. The zero-order chi connectivity index (χ0) is 17.3. The number of aryl methyl sites for hydroxylation is 6. The smallest absolute Gasteiger partial charge is 0.258 e. The fourth-order valence-corrected chi connectivity index (χ4v) is 3.30. The van der Waals surface area contributed by atoms with E-state index in [2.05, 4.69) is 5.32 Å². The molecule has 2 aromatic rings. The van der Waals surface area contributed by atoms with Gasteiger partial charge in [0.2, 0.25) is 0 Å². The lowest BCUT2D eigenvalue weighted by Crippen LogP contribution is -2.32. The van der Waals surface area contributed by atoms with Crippen molar-refractivity contribution in [1.82, 2.24) is 5.32 Å². The van der Waals surface area contributed by atoms with Crippen LogP contribution in [0.1, 0.15) is 54.1 Å². The van der Waals surface area contributed by atoms with Crippen molar-refractivity contribution in [3.8, 4) is 0 Å². The lowest BCUT2D eigenvalue weighted by molar-refractivity contribution is 0.0848. The normalized spacial score (nSPS) is 10.5. The third-order valence-electron chi connectivity index (χ3n) is 4.04. The molecule has 120 valence electrons. The van der Waals surface area contributed by atoms with Gasteiger partial charge in [0.05, 0.1) is 0 Å². The highest BCUT2D eigenvalue weighted by Gasteiger charge is 2.19. The molecule has 0 heterocycles. The number of carbonyl (C=O) groups excluding carboxylic acids is 2. The lowest BCUT2D eigenvalue weighted by atomic mass is 9.97. The van der Waals surface area contributed by atoms with E-state index in [0.717, 1.165) is 33.4 Å². The number of nitrogens with one attached hydrogen (secondary N) is 1. The fraction of sp³-hybridized carbons (Fsp3) is 0.300. The number of rotatable bonds is 2. The van der Waals surface area contributed by atoms with Crippen LogP contribution in [-0.2, 0) is 0 Å². The molecule has 0 fully saturated rings. The van der Waals surface area contributed by atoms with Gasteiger partial charge in [-0.1, -0.05) is 35.4 Å². The SMILES string of the molecule is Cc1cc(C)c(C(=O)NC(=O)c2c(C)cc(C)cc2C)c(C)c1. The first-order valence-electron chi connectivity index (χ1n) is 7.72. The van der Waals surface area contributed by atoms with Gasteiger partial charge in [-0.05, 0) is 63.8 Å². The van der Waals surface area contributed by atoms with Gasteiger partial charge in [-0.15, -0.1) is 0 Å². The Morgan fingerprint density at radius 3 is 1.13 bits per heavy atom. The molecule has 3 nitrogen and oxygen atoms in total. The monoisotopic (exact) mass is 309 g/mol. The fourth-order valence-electron chi connectivity index (χ4n) is 3.30. The first-order valence-corrected chi connectivity index (χ1v) is 7.72. The van der Waals surface area contributed by atoms with Gasteiger partial charge in [0.1, 0.15) is 0 Å². The molecule has 23 heavy (non-hydrogen) atoms. The summed E-state index contributed by atoms with van der Waals surface area (Å²) < 4.78 is 0. The molecular formula is C20H23NO2. The van der Waals surface area contributed by atoms with Crippen molar-refractivity contribution in [2.24, 2.45) is 0 Å². The topological polar surface area (TPSA) is 46.2 Å². The van der Waals surface area contributed by atoms with Crippen LogP contribution in [0.15, 0.2) is 24.3 Å². The maximum atomic E-state index is 12.5. The predicted octanol–water partition coefficient (Wildman–Crippen LogP) is 4.11. The Bertz CT molecular complexity index is 690. The van der Waals surface area contributed by atoms with Crippen LogP contribution in [0.4, 0.5) is 0 Å². The maximum absolute atomic E-state index is 12.5. The second kappa shape index (κ2) is 6.37. The van der Waals surface area contributed by atoms with Crippen LogP contribution < -0.4 is 5.32 Å². The molecule has 0 unspecified atom stereocenters. The van der Waals surface area contributed by atoms with Crippen molar-refractivity contribution in [3.63, 3.8) is 0 Å². The van der Waals surface area contributed by atoms with Crippen LogP contribution in [0.25, 0.3) is 0 Å². The van der Waals surface area contributed by atoms with Gasteiger partial charge in [0.25, 0.3) is 11.8 Å². The van der Waals surface area contributed by atoms with Gasteiger partial charge in [0, 0.05) is 11.1 Å². The summed E-state index contributed by atoms with van der Waals surface area (Å²) in [5, 5.41) is 2.54. The maximum Gasteiger partial charge on any atom is 0.258 e. The van der Waals surface area contributed by atoms with Gasteiger partial charge in [-0.3, -0.25) is 14.9 Å². The van der Waals surface area contributed by atoms with Crippen LogP contribution in [0, 0.1) is 41.5 Å². The second-order valence-corrected chi connectivity index (χ2v) is 6.33. The molecule has 0 spiro atoms. The second-order valence-electron chi connectivity index (χ2n) is 6.33. The van der Waals surface area contributed by atoms with E-state index in [-0.39, 0.29) is 11.8 Å². The number of hydrogen-bond acceptors (Lipinski definition) is 2. The Hall–Kier alpha value is -2.42.